The Morgan fingerprint density at radius 2 is 2.05 bits per heavy atom. The van der Waals surface area contributed by atoms with Crippen LogP contribution in [-0.2, 0) is 0 Å². The molecular weight excluding hydrogens is 254 g/mol. The van der Waals surface area contributed by atoms with Crippen LogP contribution in [0.3, 0.4) is 0 Å². The number of thioether (sulfide) groups is 1. The highest BCUT2D eigenvalue weighted by Gasteiger charge is 2.37. The predicted octanol–water partition coefficient (Wildman–Crippen LogP) is 3.11. The Kier molecular flexibility index (Phi) is 5.58. The molecule has 1 heterocycles. The number of nitrogens with one attached hydrogen (secondary N) is 1. The topological polar surface area (TPSA) is 27.6 Å². The lowest BCUT2D eigenvalue weighted by molar-refractivity contribution is 0.272. The molecule has 0 aromatic carbocycles. The van der Waals surface area contributed by atoms with Crippen LogP contribution in [0.1, 0.15) is 52.4 Å². The summed E-state index contributed by atoms with van der Waals surface area (Å²) in [5.74, 6) is 1.23. The van der Waals surface area contributed by atoms with Gasteiger partial charge in [0.25, 0.3) is 0 Å². The second-order valence-corrected chi connectivity index (χ2v) is 7.33. The third kappa shape index (κ3) is 4.38. The third-order valence-corrected chi connectivity index (χ3v) is 5.68. The van der Waals surface area contributed by atoms with Crippen LogP contribution < -0.4 is 5.32 Å². The summed E-state index contributed by atoms with van der Waals surface area (Å²) >= 11 is 1.94. The zero-order valence-corrected chi connectivity index (χ0v) is 13.6. The SMILES string of the molecule is CC(C)N(C)CCCN=C1NC2(CCCCC2)CS1. The van der Waals surface area contributed by atoms with Crippen molar-refractivity contribution in [3.63, 3.8) is 0 Å². The molecule has 1 aliphatic heterocycles. The van der Waals surface area contributed by atoms with Gasteiger partial charge in [0.05, 0.1) is 0 Å². The van der Waals surface area contributed by atoms with Gasteiger partial charge in [0.15, 0.2) is 5.17 Å². The van der Waals surface area contributed by atoms with Crippen LogP contribution in [0.15, 0.2) is 4.99 Å². The first kappa shape index (κ1) is 15.2. The fourth-order valence-electron chi connectivity index (χ4n) is 2.85. The monoisotopic (exact) mass is 283 g/mol. The van der Waals surface area contributed by atoms with Crippen molar-refractivity contribution >= 4 is 16.9 Å². The van der Waals surface area contributed by atoms with Crippen molar-refractivity contribution in [1.29, 1.82) is 0 Å². The van der Waals surface area contributed by atoms with Gasteiger partial charge in [-0.3, -0.25) is 4.99 Å². The van der Waals surface area contributed by atoms with Gasteiger partial charge in [0.2, 0.25) is 0 Å². The maximum atomic E-state index is 4.75. The van der Waals surface area contributed by atoms with E-state index in [9.17, 15) is 0 Å². The molecule has 0 bridgehead atoms. The summed E-state index contributed by atoms with van der Waals surface area (Å²) in [5.41, 5.74) is 0.399. The highest BCUT2D eigenvalue weighted by molar-refractivity contribution is 8.14. The fraction of sp³-hybridized carbons (Fsp3) is 0.933. The van der Waals surface area contributed by atoms with E-state index < -0.39 is 0 Å². The van der Waals surface area contributed by atoms with E-state index >= 15 is 0 Å². The van der Waals surface area contributed by atoms with Crippen LogP contribution in [0.25, 0.3) is 0 Å². The van der Waals surface area contributed by atoms with Crippen LogP contribution in [0.2, 0.25) is 0 Å². The number of aliphatic imine (C=N–C) groups is 1. The maximum Gasteiger partial charge on any atom is 0.157 e. The standard InChI is InChI=1S/C15H29N3S/c1-13(2)18(3)11-7-10-16-14-17-15(12-19-14)8-5-4-6-9-15/h13H,4-12H2,1-3H3,(H,16,17). The molecule has 0 radical (unpaired) electrons. The summed E-state index contributed by atoms with van der Waals surface area (Å²) < 4.78 is 0. The highest BCUT2D eigenvalue weighted by atomic mass is 32.2. The summed E-state index contributed by atoms with van der Waals surface area (Å²) in [6.07, 6.45) is 8.04. The normalized spacial score (nSPS) is 24.6. The first-order valence-corrected chi connectivity index (χ1v) is 8.76. The van der Waals surface area contributed by atoms with Gasteiger partial charge in [-0.15, -0.1) is 0 Å². The van der Waals surface area contributed by atoms with Gasteiger partial charge in [-0.1, -0.05) is 31.0 Å². The molecule has 1 saturated carbocycles. The second-order valence-electron chi connectivity index (χ2n) is 6.37. The zero-order chi connectivity index (χ0) is 13.7. The molecule has 1 spiro atoms. The van der Waals surface area contributed by atoms with Crippen LogP contribution in [0.5, 0.6) is 0 Å². The summed E-state index contributed by atoms with van der Waals surface area (Å²) in [7, 11) is 2.19. The minimum Gasteiger partial charge on any atom is -0.359 e. The Hall–Kier alpha value is -0.220. The van der Waals surface area contributed by atoms with Gasteiger partial charge in [-0.25, -0.2) is 0 Å². The molecule has 2 fully saturated rings. The Morgan fingerprint density at radius 3 is 2.74 bits per heavy atom. The smallest absolute Gasteiger partial charge is 0.157 e. The summed E-state index contributed by atoms with van der Waals surface area (Å²) in [4.78, 5) is 7.13. The van der Waals surface area contributed by atoms with E-state index in [1.807, 2.05) is 11.8 Å². The summed E-state index contributed by atoms with van der Waals surface area (Å²) in [6, 6.07) is 0.636. The Balaban J connectivity index is 1.70. The number of amidine groups is 1. The fourth-order valence-corrected chi connectivity index (χ4v) is 4.09. The molecule has 1 N–H and O–H groups in total. The van der Waals surface area contributed by atoms with E-state index in [4.69, 9.17) is 4.99 Å². The molecular formula is C15H29N3S. The number of nitrogens with zero attached hydrogens (tertiary/aromatic N) is 2. The van der Waals surface area contributed by atoms with Gasteiger partial charge in [0.1, 0.15) is 0 Å². The number of hydrogen-bond acceptors (Lipinski definition) is 3. The molecule has 0 unspecified atom stereocenters. The van der Waals surface area contributed by atoms with Crippen molar-refractivity contribution in [2.24, 2.45) is 4.99 Å². The molecule has 4 heteroatoms. The van der Waals surface area contributed by atoms with Gasteiger partial charge in [-0.05, 0) is 46.7 Å². The Morgan fingerprint density at radius 1 is 1.32 bits per heavy atom. The summed E-state index contributed by atoms with van der Waals surface area (Å²) in [5, 5.41) is 4.92. The number of hydrogen-bond donors (Lipinski definition) is 1. The van der Waals surface area contributed by atoms with Crippen LogP contribution in [0, 0.1) is 0 Å². The molecule has 19 heavy (non-hydrogen) atoms. The summed E-state index contributed by atoms with van der Waals surface area (Å²) in [6.45, 7) is 6.59. The van der Waals surface area contributed by atoms with Crippen molar-refractivity contribution in [3.05, 3.63) is 0 Å². The minimum atomic E-state index is 0.399. The van der Waals surface area contributed by atoms with Crippen molar-refractivity contribution in [1.82, 2.24) is 10.2 Å². The largest absolute Gasteiger partial charge is 0.359 e. The molecule has 2 aliphatic rings. The van der Waals surface area contributed by atoms with E-state index in [0.29, 0.717) is 11.6 Å². The van der Waals surface area contributed by atoms with Crippen LogP contribution in [-0.4, -0.2) is 47.5 Å². The molecule has 0 atom stereocenters. The second kappa shape index (κ2) is 6.98. The molecule has 0 aromatic rings. The Labute approximate surface area is 122 Å². The molecule has 1 saturated heterocycles. The zero-order valence-electron chi connectivity index (χ0n) is 12.7. The predicted molar refractivity (Wildman–Crippen MR) is 86.1 cm³/mol. The quantitative estimate of drug-likeness (QED) is 0.786. The lowest BCUT2D eigenvalue weighted by atomic mass is 9.83. The van der Waals surface area contributed by atoms with Crippen LogP contribution >= 0.6 is 11.8 Å². The van der Waals surface area contributed by atoms with Crippen molar-refractivity contribution in [2.75, 3.05) is 25.9 Å². The van der Waals surface area contributed by atoms with E-state index in [2.05, 4.69) is 31.1 Å². The highest BCUT2D eigenvalue weighted by Crippen LogP contribution is 2.36. The van der Waals surface area contributed by atoms with E-state index in [1.165, 1.54) is 43.0 Å². The van der Waals surface area contributed by atoms with Crippen molar-refractivity contribution in [2.45, 2.75) is 64.0 Å². The van der Waals surface area contributed by atoms with Gasteiger partial charge < -0.3 is 10.2 Å². The first-order valence-electron chi connectivity index (χ1n) is 7.77. The van der Waals surface area contributed by atoms with Crippen molar-refractivity contribution in [3.8, 4) is 0 Å². The molecule has 1 aliphatic carbocycles. The maximum absolute atomic E-state index is 4.75. The first-order chi connectivity index (χ1) is 9.11. The van der Waals surface area contributed by atoms with E-state index in [1.54, 1.807) is 0 Å². The lowest BCUT2D eigenvalue weighted by Crippen LogP contribution is -2.45. The molecule has 110 valence electrons. The average Bonchev–Trinajstić information content (AvgIpc) is 2.78. The van der Waals surface area contributed by atoms with E-state index in [0.717, 1.165) is 19.5 Å². The molecule has 3 nitrogen and oxygen atoms in total. The van der Waals surface area contributed by atoms with E-state index in [-0.39, 0.29) is 0 Å². The molecule has 0 aromatic heterocycles. The number of rotatable bonds is 5. The third-order valence-electron chi connectivity index (χ3n) is 4.47. The lowest BCUT2D eigenvalue weighted by Gasteiger charge is -2.32. The van der Waals surface area contributed by atoms with Crippen molar-refractivity contribution < 1.29 is 0 Å². The van der Waals surface area contributed by atoms with Gasteiger partial charge in [-0.2, -0.15) is 0 Å². The molecule has 0 amide bonds. The van der Waals surface area contributed by atoms with Gasteiger partial charge >= 0.3 is 0 Å². The Bertz CT molecular complexity index is 309. The average molecular weight is 283 g/mol. The minimum absolute atomic E-state index is 0.399. The molecule has 2 rings (SSSR count). The van der Waals surface area contributed by atoms with Gasteiger partial charge in [0, 0.05) is 23.9 Å². The van der Waals surface area contributed by atoms with Crippen LogP contribution in [0.4, 0.5) is 0 Å².